The van der Waals surface area contributed by atoms with Crippen molar-refractivity contribution < 1.29 is 23.3 Å². The molecule has 0 aliphatic rings. The van der Waals surface area contributed by atoms with E-state index in [1.807, 2.05) is 32.0 Å². The summed E-state index contributed by atoms with van der Waals surface area (Å²) in [6.07, 6.45) is 2.93. The summed E-state index contributed by atoms with van der Waals surface area (Å²) in [6.45, 7) is 4.15. The Balaban J connectivity index is 2.05. The summed E-state index contributed by atoms with van der Waals surface area (Å²) in [7, 11) is -0.980. The SMILES string of the molecule is CCC(C)COP(=O)(O)OCCNC(=O)CCSSc1ccccn1. The average Bonchev–Trinajstić information content (AvgIpc) is 2.61. The maximum absolute atomic E-state index is 11.7. The number of hydrogen-bond acceptors (Lipinski definition) is 7. The molecule has 1 amide bonds. The zero-order chi connectivity index (χ0) is 18.5. The number of phosphoric ester groups is 1. The number of rotatable bonds is 13. The molecule has 7 nitrogen and oxygen atoms in total. The summed E-state index contributed by atoms with van der Waals surface area (Å²) in [4.78, 5) is 25.3. The van der Waals surface area contributed by atoms with Crippen molar-refractivity contribution in [2.45, 2.75) is 31.7 Å². The van der Waals surface area contributed by atoms with Gasteiger partial charge in [0.05, 0.1) is 13.2 Å². The molecule has 2 N–H and O–H groups in total. The first-order valence-corrected chi connectivity index (χ1v) is 11.8. The van der Waals surface area contributed by atoms with Crippen LogP contribution in [0.15, 0.2) is 29.4 Å². The molecule has 25 heavy (non-hydrogen) atoms. The Bertz CT molecular complexity index is 550. The lowest BCUT2D eigenvalue weighted by molar-refractivity contribution is -0.120. The quantitative estimate of drug-likeness (QED) is 0.291. The molecule has 0 fully saturated rings. The highest BCUT2D eigenvalue weighted by Crippen LogP contribution is 2.43. The van der Waals surface area contributed by atoms with E-state index in [0.717, 1.165) is 11.4 Å². The van der Waals surface area contributed by atoms with Crippen LogP contribution in [0.5, 0.6) is 0 Å². The van der Waals surface area contributed by atoms with Gasteiger partial charge in [0.25, 0.3) is 0 Å². The van der Waals surface area contributed by atoms with Crippen LogP contribution in [0.3, 0.4) is 0 Å². The molecule has 142 valence electrons. The molecule has 1 heterocycles. The van der Waals surface area contributed by atoms with Crippen LogP contribution in [-0.4, -0.2) is 41.3 Å². The van der Waals surface area contributed by atoms with Crippen molar-refractivity contribution in [3.8, 4) is 0 Å². The third-order valence-corrected chi connectivity index (χ3v) is 6.34. The van der Waals surface area contributed by atoms with E-state index in [4.69, 9.17) is 9.05 Å². The number of pyridine rings is 1. The summed E-state index contributed by atoms with van der Waals surface area (Å²) in [5, 5.41) is 3.54. The molecule has 0 aromatic carbocycles. The maximum Gasteiger partial charge on any atom is 0.472 e. The van der Waals surface area contributed by atoms with E-state index < -0.39 is 7.82 Å². The van der Waals surface area contributed by atoms with Gasteiger partial charge in [-0.25, -0.2) is 9.55 Å². The highest BCUT2D eigenvalue weighted by molar-refractivity contribution is 8.76. The molecule has 1 aromatic rings. The van der Waals surface area contributed by atoms with Crippen molar-refractivity contribution in [2.75, 3.05) is 25.5 Å². The number of hydrogen-bond donors (Lipinski definition) is 2. The molecule has 0 saturated heterocycles. The Hall–Kier alpha value is -0.570. The van der Waals surface area contributed by atoms with Crippen LogP contribution >= 0.6 is 29.4 Å². The topological polar surface area (TPSA) is 97.8 Å². The number of nitrogens with zero attached hydrogens (tertiary/aromatic N) is 1. The fourth-order valence-electron chi connectivity index (χ4n) is 1.45. The van der Waals surface area contributed by atoms with Crippen LogP contribution in [-0.2, 0) is 18.4 Å². The molecule has 0 aliphatic carbocycles. The van der Waals surface area contributed by atoms with E-state index in [0.29, 0.717) is 12.2 Å². The van der Waals surface area contributed by atoms with Gasteiger partial charge in [0, 0.05) is 24.9 Å². The second-order valence-electron chi connectivity index (χ2n) is 5.28. The van der Waals surface area contributed by atoms with Gasteiger partial charge < -0.3 is 10.2 Å². The van der Waals surface area contributed by atoms with Crippen molar-refractivity contribution >= 4 is 35.3 Å². The van der Waals surface area contributed by atoms with E-state index in [2.05, 4.69) is 10.3 Å². The number of carbonyl (C=O) groups excluding carboxylic acids is 1. The first-order chi connectivity index (χ1) is 11.9. The van der Waals surface area contributed by atoms with E-state index in [1.165, 1.54) is 10.8 Å². The standard InChI is InChI=1S/C15H25N2O5PS2/c1-3-13(2)12-22-23(19,20)21-10-9-16-14(18)7-11-24-25-15-6-4-5-8-17-15/h4-6,8,13H,3,7,9-12H2,1-2H3,(H,16,18)(H,19,20). The molecule has 10 heteroatoms. The number of phosphoric acid groups is 1. The van der Waals surface area contributed by atoms with Crippen LogP contribution in [0.4, 0.5) is 0 Å². The Morgan fingerprint density at radius 1 is 1.44 bits per heavy atom. The molecule has 1 aromatic heterocycles. The Kier molecular flexibility index (Phi) is 11.4. The van der Waals surface area contributed by atoms with Crippen LogP contribution in [0, 0.1) is 5.92 Å². The number of amides is 1. The van der Waals surface area contributed by atoms with Crippen LogP contribution in [0.1, 0.15) is 26.7 Å². The monoisotopic (exact) mass is 408 g/mol. The van der Waals surface area contributed by atoms with E-state index in [-0.39, 0.29) is 31.6 Å². The van der Waals surface area contributed by atoms with Gasteiger partial charge in [0.1, 0.15) is 5.03 Å². The lowest BCUT2D eigenvalue weighted by Gasteiger charge is -2.14. The van der Waals surface area contributed by atoms with Gasteiger partial charge in [-0.1, -0.05) is 37.1 Å². The molecule has 0 bridgehead atoms. The Labute approximate surface area is 156 Å². The van der Waals surface area contributed by atoms with E-state index in [9.17, 15) is 14.3 Å². The molecule has 2 unspecified atom stereocenters. The predicted octanol–water partition coefficient (Wildman–Crippen LogP) is 3.51. The first kappa shape index (κ1) is 22.5. The van der Waals surface area contributed by atoms with Crippen molar-refractivity contribution in [1.82, 2.24) is 10.3 Å². The molecule has 2 atom stereocenters. The second-order valence-corrected chi connectivity index (χ2v) is 9.17. The smallest absolute Gasteiger partial charge is 0.354 e. The molecule has 0 aliphatic heterocycles. The molecular weight excluding hydrogens is 383 g/mol. The number of nitrogens with one attached hydrogen (secondary N) is 1. The molecule has 0 saturated carbocycles. The lowest BCUT2D eigenvalue weighted by Crippen LogP contribution is -2.27. The maximum atomic E-state index is 11.7. The third-order valence-electron chi connectivity index (χ3n) is 3.09. The largest absolute Gasteiger partial charge is 0.472 e. The minimum absolute atomic E-state index is 0.0736. The number of aromatic nitrogens is 1. The predicted molar refractivity (Wildman–Crippen MR) is 101 cm³/mol. The van der Waals surface area contributed by atoms with Gasteiger partial charge >= 0.3 is 7.82 Å². The van der Waals surface area contributed by atoms with Crippen molar-refractivity contribution in [3.05, 3.63) is 24.4 Å². The zero-order valence-corrected chi connectivity index (χ0v) is 16.9. The van der Waals surface area contributed by atoms with Gasteiger partial charge in [-0.15, -0.1) is 0 Å². The highest BCUT2D eigenvalue weighted by Gasteiger charge is 2.21. The minimum Gasteiger partial charge on any atom is -0.354 e. The fraction of sp³-hybridized carbons (Fsp3) is 0.600. The lowest BCUT2D eigenvalue weighted by atomic mass is 10.1. The van der Waals surface area contributed by atoms with E-state index in [1.54, 1.807) is 17.0 Å². The minimum atomic E-state index is -4.05. The molecular formula is C15H25N2O5PS2. The summed E-state index contributed by atoms with van der Waals surface area (Å²) < 4.78 is 21.3. The van der Waals surface area contributed by atoms with Gasteiger partial charge in [0.2, 0.25) is 5.91 Å². The van der Waals surface area contributed by atoms with Crippen LogP contribution < -0.4 is 5.32 Å². The van der Waals surface area contributed by atoms with Crippen LogP contribution in [0.25, 0.3) is 0 Å². The summed E-state index contributed by atoms with van der Waals surface area (Å²) in [5.41, 5.74) is 0. The molecule has 0 radical (unpaired) electrons. The van der Waals surface area contributed by atoms with Gasteiger partial charge in [-0.2, -0.15) is 0 Å². The number of carbonyl (C=O) groups is 1. The normalized spacial score (nSPS) is 14.7. The summed E-state index contributed by atoms with van der Waals surface area (Å²) in [6, 6.07) is 5.67. The van der Waals surface area contributed by atoms with Gasteiger partial charge in [0.15, 0.2) is 0 Å². The molecule has 0 spiro atoms. The average molecular weight is 408 g/mol. The summed E-state index contributed by atoms with van der Waals surface area (Å²) in [5.74, 6) is 0.695. The fourth-order valence-corrected chi connectivity index (χ4v) is 4.16. The Morgan fingerprint density at radius 3 is 2.92 bits per heavy atom. The third kappa shape index (κ3) is 11.6. The zero-order valence-electron chi connectivity index (χ0n) is 14.4. The van der Waals surface area contributed by atoms with Crippen molar-refractivity contribution in [3.63, 3.8) is 0 Å². The van der Waals surface area contributed by atoms with Crippen molar-refractivity contribution in [1.29, 1.82) is 0 Å². The summed E-state index contributed by atoms with van der Waals surface area (Å²) >= 11 is 0. The van der Waals surface area contributed by atoms with Crippen LogP contribution in [0.2, 0.25) is 0 Å². The Morgan fingerprint density at radius 2 is 2.24 bits per heavy atom. The van der Waals surface area contributed by atoms with Crippen molar-refractivity contribution in [2.24, 2.45) is 5.92 Å². The van der Waals surface area contributed by atoms with E-state index >= 15 is 0 Å². The molecule has 1 rings (SSSR count). The van der Waals surface area contributed by atoms with Gasteiger partial charge in [-0.3, -0.25) is 13.8 Å². The highest BCUT2D eigenvalue weighted by atomic mass is 33.1. The van der Waals surface area contributed by atoms with Gasteiger partial charge in [-0.05, 0) is 28.8 Å². The first-order valence-electron chi connectivity index (χ1n) is 8.02. The second kappa shape index (κ2) is 12.7.